The van der Waals surface area contributed by atoms with Crippen molar-refractivity contribution in [3.8, 4) is 5.75 Å². The van der Waals surface area contributed by atoms with Gasteiger partial charge in [-0.3, -0.25) is 10.1 Å². The summed E-state index contributed by atoms with van der Waals surface area (Å²) in [6.45, 7) is -0.0481. The van der Waals surface area contributed by atoms with Crippen LogP contribution >= 0.6 is 15.9 Å². The summed E-state index contributed by atoms with van der Waals surface area (Å²) in [5.74, 6) is -0.187. The molecule has 0 amide bonds. The molecule has 6 nitrogen and oxygen atoms in total. The van der Waals surface area contributed by atoms with Gasteiger partial charge in [0.1, 0.15) is 17.9 Å². The second kappa shape index (κ2) is 7.04. The predicted molar refractivity (Wildman–Crippen MR) is 82.9 cm³/mol. The average Bonchev–Trinajstić information content (AvgIpc) is 2.52. The van der Waals surface area contributed by atoms with Crippen LogP contribution in [0.4, 0.5) is 5.69 Å². The van der Waals surface area contributed by atoms with E-state index in [9.17, 15) is 14.9 Å². The fourth-order valence-electron chi connectivity index (χ4n) is 1.89. The van der Waals surface area contributed by atoms with E-state index in [1.54, 1.807) is 24.3 Å². The minimum absolute atomic E-state index is 0.0481. The molecular weight excluding hydrogens is 354 g/mol. The Hall–Kier alpha value is -2.41. The number of nitro benzene ring substituents is 1. The first-order valence-corrected chi connectivity index (χ1v) is 7.05. The highest BCUT2D eigenvalue weighted by Gasteiger charge is 2.20. The van der Waals surface area contributed by atoms with E-state index in [0.29, 0.717) is 11.3 Å². The van der Waals surface area contributed by atoms with Gasteiger partial charge in [0.15, 0.2) is 0 Å². The van der Waals surface area contributed by atoms with Crippen LogP contribution in [0.5, 0.6) is 5.75 Å². The van der Waals surface area contributed by atoms with E-state index >= 15 is 0 Å². The van der Waals surface area contributed by atoms with Crippen molar-refractivity contribution in [1.82, 2.24) is 0 Å². The van der Waals surface area contributed by atoms with Crippen molar-refractivity contribution in [2.24, 2.45) is 0 Å². The lowest BCUT2D eigenvalue weighted by Crippen LogP contribution is -2.08. The van der Waals surface area contributed by atoms with Crippen molar-refractivity contribution in [2.45, 2.75) is 6.61 Å². The third kappa shape index (κ3) is 3.62. The first-order chi connectivity index (χ1) is 10.5. The number of carbonyl (C=O) groups is 1. The molecule has 0 heterocycles. The van der Waals surface area contributed by atoms with E-state index in [4.69, 9.17) is 9.47 Å². The SMILES string of the molecule is COc1ccc(Br)cc1COC(=O)c1ccccc1[N+](=O)[O-]. The van der Waals surface area contributed by atoms with E-state index < -0.39 is 10.9 Å². The Labute approximate surface area is 134 Å². The summed E-state index contributed by atoms with van der Waals surface area (Å²) in [4.78, 5) is 22.4. The van der Waals surface area contributed by atoms with Crippen LogP contribution in [0.1, 0.15) is 15.9 Å². The summed E-state index contributed by atoms with van der Waals surface area (Å²) in [6, 6.07) is 10.9. The Morgan fingerprint density at radius 3 is 2.68 bits per heavy atom. The minimum Gasteiger partial charge on any atom is -0.496 e. The van der Waals surface area contributed by atoms with Crippen molar-refractivity contribution in [2.75, 3.05) is 7.11 Å². The number of nitrogens with zero attached hydrogens (tertiary/aromatic N) is 1. The third-order valence-electron chi connectivity index (χ3n) is 2.92. The van der Waals surface area contributed by atoms with Crippen LogP contribution in [0, 0.1) is 10.1 Å². The summed E-state index contributed by atoms with van der Waals surface area (Å²) >= 11 is 3.32. The van der Waals surface area contributed by atoms with Crippen LogP contribution in [0.3, 0.4) is 0 Å². The molecule has 2 rings (SSSR count). The second-order valence-corrected chi connectivity index (χ2v) is 5.22. The van der Waals surface area contributed by atoms with E-state index in [1.165, 1.54) is 25.3 Å². The number of benzene rings is 2. The fraction of sp³-hybridized carbons (Fsp3) is 0.133. The molecule has 0 atom stereocenters. The van der Waals surface area contributed by atoms with Gasteiger partial charge in [-0.25, -0.2) is 4.79 Å². The number of hydrogen-bond acceptors (Lipinski definition) is 5. The molecule has 114 valence electrons. The maximum absolute atomic E-state index is 12.0. The number of nitro groups is 1. The van der Waals surface area contributed by atoms with Crippen LogP contribution in [-0.4, -0.2) is 18.0 Å². The van der Waals surface area contributed by atoms with Gasteiger partial charge in [-0.05, 0) is 24.3 Å². The topological polar surface area (TPSA) is 78.7 Å². The van der Waals surface area contributed by atoms with Gasteiger partial charge >= 0.3 is 5.97 Å². The van der Waals surface area contributed by atoms with Gasteiger partial charge in [0, 0.05) is 16.1 Å². The molecular formula is C15H12BrNO5. The molecule has 0 saturated carbocycles. The maximum atomic E-state index is 12.0. The molecule has 0 unspecified atom stereocenters. The number of para-hydroxylation sites is 1. The number of ether oxygens (including phenoxy) is 2. The van der Waals surface area contributed by atoms with Crippen molar-refractivity contribution >= 4 is 27.6 Å². The van der Waals surface area contributed by atoms with Gasteiger partial charge in [0.05, 0.1) is 12.0 Å². The van der Waals surface area contributed by atoms with Crippen LogP contribution in [-0.2, 0) is 11.3 Å². The smallest absolute Gasteiger partial charge is 0.345 e. The Bertz CT molecular complexity index is 717. The molecule has 0 aliphatic rings. The Morgan fingerprint density at radius 2 is 2.00 bits per heavy atom. The molecule has 0 N–H and O–H groups in total. The molecule has 0 spiro atoms. The van der Waals surface area contributed by atoms with Crippen LogP contribution in [0.2, 0.25) is 0 Å². The van der Waals surface area contributed by atoms with Crippen LogP contribution in [0.25, 0.3) is 0 Å². The van der Waals surface area contributed by atoms with Gasteiger partial charge < -0.3 is 9.47 Å². The zero-order chi connectivity index (χ0) is 16.1. The lowest BCUT2D eigenvalue weighted by Gasteiger charge is -2.10. The molecule has 0 aromatic heterocycles. The highest BCUT2D eigenvalue weighted by Crippen LogP contribution is 2.25. The minimum atomic E-state index is -0.755. The number of hydrogen-bond donors (Lipinski definition) is 0. The molecule has 7 heteroatoms. The summed E-state index contributed by atoms with van der Waals surface area (Å²) in [6.07, 6.45) is 0. The maximum Gasteiger partial charge on any atom is 0.345 e. The standard InChI is InChI=1S/C15H12BrNO5/c1-21-14-7-6-11(16)8-10(14)9-22-15(18)12-4-2-3-5-13(12)17(19)20/h2-8H,9H2,1H3. The van der Waals surface area contributed by atoms with Gasteiger partial charge in [-0.2, -0.15) is 0 Å². The summed E-state index contributed by atoms with van der Waals surface area (Å²) in [5, 5.41) is 10.9. The number of carbonyl (C=O) groups excluding carboxylic acids is 1. The molecule has 0 bridgehead atoms. The highest BCUT2D eigenvalue weighted by atomic mass is 79.9. The zero-order valence-electron chi connectivity index (χ0n) is 11.6. The molecule has 0 saturated heterocycles. The largest absolute Gasteiger partial charge is 0.496 e. The molecule has 0 aliphatic heterocycles. The quantitative estimate of drug-likeness (QED) is 0.458. The fourth-order valence-corrected chi connectivity index (χ4v) is 2.29. The number of halogens is 1. The lowest BCUT2D eigenvalue weighted by atomic mass is 10.2. The van der Waals surface area contributed by atoms with Gasteiger partial charge in [0.25, 0.3) is 5.69 Å². The van der Waals surface area contributed by atoms with Gasteiger partial charge in [-0.15, -0.1) is 0 Å². The van der Waals surface area contributed by atoms with Crippen molar-refractivity contribution in [3.63, 3.8) is 0 Å². The number of rotatable bonds is 5. The lowest BCUT2D eigenvalue weighted by molar-refractivity contribution is -0.385. The van der Waals surface area contributed by atoms with Crippen LogP contribution in [0.15, 0.2) is 46.9 Å². The molecule has 0 fully saturated rings. The molecule has 2 aromatic carbocycles. The predicted octanol–water partition coefficient (Wildman–Crippen LogP) is 3.72. The number of esters is 1. The van der Waals surface area contributed by atoms with Crippen molar-refractivity contribution in [3.05, 3.63) is 68.2 Å². The van der Waals surface area contributed by atoms with E-state index in [-0.39, 0.29) is 17.9 Å². The molecule has 0 radical (unpaired) electrons. The normalized spacial score (nSPS) is 10.1. The monoisotopic (exact) mass is 365 g/mol. The first kappa shape index (κ1) is 16.0. The second-order valence-electron chi connectivity index (χ2n) is 4.31. The first-order valence-electron chi connectivity index (χ1n) is 6.26. The summed E-state index contributed by atoms with van der Waals surface area (Å²) in [5.41, 5.74) is 0.291. The van der Waals surface area contributed by atoms with Crippen LogP contribution < -0.4 is 4.74 Å². The van der Waals surface area contributed by atoms with Gasteiger partial charge in [0.2, 0.25) is 0 Å². The molecule has 22 heavy (non-hydrogen) atoms. The van der Waals surface area contributed by atoms with E-state index in [1.807, 2.05) is 0 Å². The number of methoxy groups -OCH3 is 1. The van der Waals surface area contributed by atoms with Crippen molar-refractivity contribution in [1.29, 1.82) is 0 Å². The third-order valence-corrected chi connectivity index (χ3v) is 3.42. The Balaban J connectivity index is 2.17. The zero-order valence-corrected chi connectivity index (χ0v) is 13.2. The van der Waals surface area contributed by atoms with Crippen molar-refractivity contribution < 1.29 is 19.2 Å². The highest BCUT2D eigenvalue weighted by molar-refractivity contribution is 9.10. The molecule has 2 aromatic rings. The van der Waals surface area contributed by atoms with E-state index in [0.717, 1.165) is 4.47 Å². The average molecular weight is 366 g/mol. The summed E-state index contributed by atoms with van der Waals surface area (Å²) in [7, 11) is 1.51. The van der Waals surface area contributed by atoms with E-state index in [2.05, 4.69) is 15.9 Å². The summed E-state index contributed by atoms with van der Waals surface area (Å²) < 4.78 is 11.1. The molecule has 0 aliphatic carbocycles. The Morgan fingerprint density at radius 1 is 1.27 bits per heavy atom. The van der Waals surface area contributed by atoms with Gasteiger partial charge in [-0.1, -0.05) is 28.1 Å². The Kier molecular flexibility index (Phi) is 5.11.